The zero-order chi connectivity index (χ0) is 14.0. The van der Waals surface area contributed by atoms with Crippen molar-refractivity contribution in [3.8, 4) is 0 Å². The Balaban J connectivity index is 2.28. The van der Waals surface area contributed by atoms with Gasteiger partial charge in [-0.1, -0.05) is 0 Å². The van der Waals surface area contributed by atoms with Gasteiger partial charge in [-0.25, -0.2) is 4.98 Å². The van der Waals surface area contributed by atoms with Crippen LogP contribution in [0, 0.1) is 20.8 Å². The highest BCUT2D eigenvalue weighted by Crippen LogP contribution is 2.15. The van der Waals surface area contributed by atoms with Crippen molar-refractivity contribution in [3.05, 3.63) is 40.8 Å². The van der Waals surface area contributed by atoms with Crippen molar-refractivity contribution in [3.63, 3.8) is 0 Å². The van der Waals surface area contributed by atoms with Crippen LogP contribution in [0.5, 0.6) is 0 Å². The van der Waals surface area contributed by atoms with E-state index < -0.39 is 0 Å². The summed E-state index contributed by atoms with van der Waals surface area (Å²) in [6, 6.07) is 3.73. The lowest BCUT2D eigenvalue weighted by atomic mass is 10.2. The van der Waals surface area contributed by atoms with Gasteiger partial charge in [-0.3, -0.25) is 9.48 Å². The van der Waals surface area contributed by atoms with Crippen LogP contribution in [0.2, 0.25) is 0 Å². The zero-order valence-electron chi connectivity index (χ0n) is 11.7. The number of aromatic nitrogens is 3. The van der Waals surface area contributed by atoms with Crippen molar-refractivity contribution in [1.29, 1.82) is 0 Å². The minimum Gasteiger partial charge on any atom is -0.306 e. The number of hydrogen-bond donors (Lipinski definition) is 1. The predicted molar refractivity (Wildman–Crippen MR) is 74.3 cm³/mol. The smallest absolute Gasteiger partial charge is 0.260 e. The number of amides is 1. The van der Waals surface area contributed by atoms with Crippen molar-refractivity contribution < 1.29 is 4.79 Å². The van der Waals surface area contributed by atoms with Crippen molar-refractivity contribution in [2.45, 2.75) is 34.2 Å². The molecule has 0 radical (unpaired) electrons. The second-order valence-electron chi connectivity index (χ2n) is 4.53. The van der Waals surface area contributed by atoms with Gasteiger partial charge < -0.3 is 5.32 Å². The molecule has 2 aromatic heterocycles. The zero-order valence-corrected chi connectivity index (χ0v) is 11.7. The second kappa shape index (κ2) is 5.22. The fourth-order valence-electron chi connectivity index (χ4n) is 2.12. The van der Waals surface area contributed by atoms with Crippen LogP contribution < -0.4 is 5.32 Å². The van der Waals surface area contributed by atoms with Gasteiger partial charge in [-0.05, 0) is 45.4 Å². The summed E-state index contributed by atoms with van der Waals surface area (Å²) in [5.41, 5.74) is 3.31. The Kier molecular flexibility index (Phi) is 3.64. The van der Waals surface area contributed by atoms with E-state index in [0.29, 0.717) is 11.4 Å². The Hall–Kier alpha value is -2.17. The lowest BCUT2D eigenvalue weighted by molar-refractivity contribution is 0.102. The molecule has 1 amide bonds. The third kappa shape index (κ3) is 2.65. The van der Waals surface area contributed by atoms with E-state index in [1.165, 1.54) is 0 Å². The molecule has 0 saturated heterocycles. The van der Waals surface area contributed by atoms with Crippen LogP contribution in [0.25, 0.3) is 0 Å². The molecule has 0 saturated carbocycles. The number of hydrogen-bond acceptors (Lipinski definition) is 3. The van der Waals surface area contributed by atoms with Gasteiger partial charge in [-0.2, -0.15) is 5.10 Å². The predicted octanol–water partition coefficient (Wildman–Crippen LogP) is 2.48. The van der Waals surface area contributed by atoms with Gasteiger partial charge in [0.25, 0.3) is 5.91 Å². The Morgan fingerprint density at radius 3 is 2.68 bits per heavy atom. The maximum atomic E-state index is 12.3. The van der Waals surface area contributed by atoms with Gasteiger partial charge >= 0.3 is 0 Å². The van der Waals surface area contributed by atoms with Gasteiger partial charge in [0, 0.05) is 18.4 Å². The van der Waals surface area contributed by atoms with E-state index in [1.807, 2.05) is 44.5 Å². The Bertz CT molecular complexity index is 616. The molecule has 0 aromatic carbocycles. The van der Waals surface area contributed by atoms with E-state index in [1.54, 1.807) is 6.20 Å². The number of carbonyl (C=O) groups is 1. The van der Waals surface area contributed by atoms with Crippen LogP contribution in [0.3, 0.4) is 0 Å². The molecule has 0 atom stereocenters. The Morgan fingerprint density at radius 2 is 2.11 bits per heavy atom. The molecule has 5 heteroatoms. The monoisotopic (exact) mass is 258 g/mol. The van der Waals surface area contributed by atoms with Gasteiger partial charge in [0.1, 0.15) is 5.82 Å². The molecule has 2 aromatic rings. The molecule has 0 spiro atoms. The summed E-state index contributed by atoms with van der Waals surface area (Å²) in [6.07, 6.45) is 1.68. The molecule has 0 fully saturated rings. The van der Waals surface area contributed by atoms with Gasteiger partial charge in [0.15, 0.2) is 0 Å². The van der Waals surface area contributed by atoms with Crippen LogP contribution in [0.1, 0.15) is 34.2 Å². The number of aryl methyl sites for hydroxylation is 3. The highest BCUT2D eigenvalue weighted by molar-refractivity contribution is 6.05. The topological polar surface area (TPSA) is 59.8 Å². The highest BCUT2D eigenvalue weighted by Gasteiger charge is 2.18. The summed E-state index contributed by atoms with van der Waals surface area (Å²) in [6.45, 7) is 8.47. The molecular formula is C14H18N4O. The first-order valence-corrected chi connectivity index (χ1v) is 6.31. The molecule has 0 unspecified atom stereocenters. The number of anilines is 1. The number of carbonyl (C=O) groups excluding carboxylic acids is 1. The van der Waals surface area contributed by atoms with Crippen molar-refractivity contribution >= 4 is 11.7 Å². The number of nitrogens with one attached hydrogen (secondary N) is 1. The molecule has 2 rings (SSSR count). The molecule has 19 heavy (non-hydrogen) atoms. The van der Waals surface area contributed by atoms with E-state index in [9.17, 15) is 4.79 Å². The third-order valence-corrected chi connectivity index (χ3v) is 3.07. The fraction of sp³-hybridized carbons (Fsp3) is 0.357. The van der Waals surface area contributed by atoms with Crippen LogP contribution >= 0.6 is 0 Å². The van der Waals surface area contributed by atoms with Gasteiger partial charge in [-0.15, -0.1) is 0 Å². The first-order valence-electron chi connectivity index (χ1n) is 6.31. The lowest BCUT2D eigenvalue weighted by Crippen LogP contribution is -2.15. The summed E-state index contributed by atoms with van der Waals surface area (Å²) < 4.78 is 1.83. The van der Waals surface area contributed by atoms with Gasteiger partial charge in [0.2, 0.25) is 0 Å². The molecule has 0 bridgehead atoms. The summed E-state index contributed by atoms with van der Waals surface area (Å²) in [5, 5.41) is 7.16. The largest absolute Gasteiger partial charge is 0.306 e. The van der Waals surface area contributed by atoms with E-state index in [2.05, 4.69) is 15.4 Å². The molecule has 2 heterocycles. The summed E-state index contributed by atoms with van der Waals surface area (Å²) in [4.78, 5) is 16.4. The average Bonchev–Trinajstić information content (AvgIpc) is 2.64. The molecule has 0 aliphatic carbocycles. The normalized spacial score (nSPS) is 10.5. The minimum atomic E-state index is -0.159. The summed E-state index contributed by atoms with van der Waals surface area (Å²) in [7, 11) is 0. The van der Waals surface area contributed by atoms with Crippen molar-refractivity contribution in [2.75, 3.05) is 5.32 Å². The quantitative estimate of drug-likeness (QED) is 0.920. The minimum absolute atomic E-state index is 0.159. The van der Waals surface area contributed by atoms with E-state index >= 15 is 0 Å². The van der Waals surface area contributed by atoms with Crippen LogP contribution in [-0.4, -0.2) is 20.7 Å². The SMILES string of the molecule is CCn1nc(C)c(C(=O)Nc2cc(C)ccn2)c1C. The molecule has 100 valence electrons. The molecule has 0 aliphatic rings. The summed E-state index contributed by atoms with van der Waals surface area (Å²) in [5.74, 6) is 0.404. The van der Waals surface area contributed by atoms with Crippen molar-refractivity contribution in [2.24, 2.45) is 0 Å². The van der Waals surface area contributed by atoms with Crippen LogP contribution in [-0.2, 0) is 6.54 Å². The molecule has 0 aliphatic heterocycles. The second-order valence-corrected chi connectivity index (χ2v) is 4.53. The third-order valence-electron chi connectivity index (χ3n) is 3.07. The van der Waals surface area contributed by atoms with Crippen LogP contribution in [0.15, 0.2) is 18.3 Å². The maximum Gasteiger partial charge on any atom is 0.260 e. The number of rotatable bonds is 3. The number of pyridine rings is 1. The standard InChI is InChI=1S/C14H18N4O/c1-5-18-11(4)13(10(3)17-18)14(19)16-12-8-9(2)6-7-15-12/h6-8H,5H2,1-4H3,(H,15,16,19). The highest BCUT2D eigenvalue weighted by atomic mass is 16.1. The molecule has 1 N–H and O–H groups in total. The van der Waals surface area contributed by atoms with E-state index in [4.69, 9.17) is 0 Å². The van der Waals surface area contributed by atoms with Gasteiger partial charge in [0.05, 0.1) is 11.3 Å². The van der Waals surface area contributed by atoms with E-state index in [-0.39, 0.29) is 5.91 Å². The van der Waals surface area contributed by atoms with Crippen molar-refractivity contribution in [1.82, 2.24) is 14.8 Å². The van der Waals surface area contributed by atoms with Crippen LogP contribution in [0.4, 0.5) is 5.82 Å². The Labute approximate surface area is 112 Å². The fourth-order valence-corrected chi connectivity index (χ4v) is 2.12. The first-order chi connectivity index (χ1) is 9.02. The molecule has 5 nitrogen and oxygen atoms in total. The first kappa shape index (κ1) is 13.3. The summed E-state index contributed by atoms with van der Waals surface area (Å²) >= 11 is 0. The number of nitrogens with zero attached hydrogens (tertiary/aromatic N) is 3. The average molecular weight is 258 g/mol. The molecular weight excluding hydrogens is 240 g/mol. The Morgan fingerprint density at radius 1 is 1.37 bits per heavy atom. The lowest BCUT2D eigenvalue weighted by Gasteiger charge is -2.05. The van der Waals surface area contributed by atoms with E-state index in [0.717, 1.165) is 23.5 Å². The maximum absolute atomic E-state index is 12.3.